The Bertz CT molecular complexity index is 969. The number of alkyl halides is 2. The van der Waals surface area contributed by atoms with E-state index in [0.29, 0.717) is 41.1 Å². The second kappa shape index (κ2) is 8.26. The summed E-state index contributed by atoms with van der Waals surface area (Å²) in [6.45, 7) is 6.21. The monoisotopic (exact) mass is 447 g/mol. The smallest absolute Gasteiger partial charge is 0.387 e. The first-order chi connectivity index (χ1) is 15.3. The molecule has 1 saturated heterocycles. The highest BCUT2D eigenvalue weighted by atomic mass is 19.3. The summed E-state index contributed by atoms with van der Waals surface area (Å²) in [4.78, 5) is 6.66. The number of nitrogens with two attached hydrogens (primary N) is 1. The number of aromatic nitrogens is 3. The molecule has 1 aliphatic heterocycles. The highest BCUT2D eigenvalue weighted by Crippen LogP contribution is 2.64. The fourth-order valence-corrected chi connectivity index (χ4v) is 5.80. The van der Waals surface area contributed by atoms with Gasteiger partial charge < -0.3 is 15.2 Å². The standard InChI is InChI=1S/C23H31F2N5O2/c1-12(2)30-19(9-18(28-30)14-6-20(32-23(24)25)22(26)27-10-14)21-16-7-15(8-17(16)21)29-4-5-31-11-13(29)3/h6,9-10,12-13,15-17,21,23H,4-5,7-8,11H2,1-3H3,(H2,26,27)/t13-,15-,16+,17-,21-/m0/s1. The molecule has 9 heteroatoms. The Kier molecular flexibility index (Phi) is 5.57. The molecule has 3 fully saturated rings. The second-order valence-corrected chi connectivity index (χ2v) is 9.62. The highest BCUT2D eigenvalue weighted by molar-refractivity contribution is 5.64. The Hall–Kier alpha value is -2.26. The van der Waals surface area contributed by atoms with Crippen LogP contribution in [-0.4, -0.2) is 58.1 Å². The quantitative estimate of drug-likeness (QED) is 0.723. The topological polar surface area (TPSA) is 78.4 Å². The molecule has 3 heterocycles. The van der Waals surface area contributed by atoms with E-state index in [2.05, 4.69) is 46.1 Å². The number of pyridine rings is 1. The number of anilines is 1. The molecule has 2 saturated carbocycles. The summed E-state index contributed by atoms with van der Waals surface area (Å²) in [5.74, 6) is 1.69. The second-order valence-electron chi connectivity index (χ2n) is 9.62. The van der Waals surface area contributed by atoms with Crippen molar-refractivity contribution in [3.05, 3.63) is 24.0 Å². The van der Waals surface area contributed by atoms with Crippen LogP contribution in [0.25, 0.3) is 11.3 Å². The van der Waals surface area contributed by atoms with Crippen molar-refractivity contribution in [2.24, 2.45) is 11.8 Å². The van der Waals surface area contributed by atoms with Gasteiger partial charge in [-0.3, -0.25) is 9.58 Å². The molecule has 0 spiro atoms. The van der Waals surface area contributed by atoms with Crippen molar-refractivity contribution in [2.45, 2.75) is 64.3 Å². The van der Waals surface area contributed by atoms with Crippen LogP contribution in [-0.2, 0) is 4.74 Å². The van der Waals surface area contributed by atoms with E-state index in [-0.39, 0.29) is 17.6 Å². The summed E-state index contributed by atoms with van der Waals surface area (Å²) in [6, 6.07) is 4.92. The fourth-order valence-electron chi connectivity index (χ4n) is 5.80. The summed E-state index contributed by atoms with van der Waals surface area (Å²) in [5.41, 5.74) is 8.26. The molecule has 174 valence electrons. The third kappa shape index (κ3) is 3.85. The van der Waals surface area contributed by atoms with Gasteiger partial charge in [-0.2, -0.15) is 13.9 Å². The molecule has 0 amide bonds. The zero-order valence-corrected chi connectivity index (χ0v) is 18.7. The number of hydrogen-bond acceptors (Lipinski definition) is 6. The van der Waals surface area contributed by atoms with Crippen molar-refractivity contribution in [1.82, 2.24) is 19.7 Å². The molecule has 7 nitrogen and oxygen atoms in total. The van der Waals surface area contributed by atoms with Gasteiger partial charge in [-0.25, -0.2) is 4.98 Å². The number of ether oxygens (including phenoxy) is 2. The number of hydrogen-bond donors (Lipinski definition) is 1. The SMILES string of the molecule is CC(C)n1nc(-c2cnc(N)c(OC(F)F)c2)cc1[C@H]1[C@@H]2C[C@H](N3CCOC[C@@H]3C)C[C@@H]21. The van der Waals surface area contributed by atoms with Gasteiger partial charge in [0.15, 0.2) is 11.6 Å². The molecular formula is C23H31F2N5O2. The van der Waals surface area contributed by atoms with Crippen molar-refractivity contribution < 1.29 is 18.3 Å². The molecular weight excluding hydrogens is 416 g/mol. The summed E-state index contributed by atoms with van der Waals surface area (Å²) in [5, 5.41) is 4.81. The minimum absolute atomic E-state index is 0.0577. The lowest BCUT2D eigenvalue weighted by Crippen LogP contribution is -2.49. The van der Waals surface area contributed by atoms with Gasteiger partial charge in [0.25, 0.3) is 0 Å². The lowest BCUT2D eigenvalue weighted by atomic mass is 10.0. The first kappa shape index (κ1) is 21.6. The van der Waals surface area contributed by atoms with Gasteiger partial charge >= 0.3 is 6.61 Å². The maximum atomic E-state index is 12.7. The van der Waals surface area contributed by atoms with Crippen LogP contribution in [0.4, 0.5) is 14.6 Å². The summed E-state index contributed by atoms with van der Waals surface area (Å²) in [7, 11) is 0. The number of morpholine rings is 1. The van der Waals surface area contributed by atoms with E-state index >= 15 is 0 Å². The van der Waals surface area contributed by atoms with E-state index in [9.17, 15) is 8.78 Å². The Morgan fingerprint density at radius 3 is 2.62 bits per heavy atom. The number of nitrogen functional groups attached to an aromatic ring is 1. The zero-order valence-electron chi connectivity index (χ0n) is 18.7. The van der Waals surface area contributed by atoms with Gasteiger partial charge in [0, 0.05) is 48.0 Å². The van der Waals surface area contributed by atoms with Crippen molar-refractivity contribution in [3.8, 4) is 17.0 Å². The van der Waals surface area contributed by atoms with E-state index in [1.54, 1.807) is 6.20 Å². The van der Waals surface area contributed by atoms with Crippen LogP contribution >= 0.6 is 0 Å². The minimum Gasteiger partial charge on any atom is -0.431 e. The van der Waals surface area contributed by atoms with Gasteiger partial charge in [-0.05, 0) is 57.6 Å². The van der Waals surface area contributed by atoms with Crippen molar-refractivity contribution in [2.75, 3.05) is 25.5 Å². The Labute approximate surface area is 186 Å². The van der Waals surface area contributed by atoms with E-state index in [4.69, 9.17) is 15.6 Å². The number of rotatable bonds is 6. The van der Waals surface area contributed by atoms with Crippen LogP contribution in [0.15, 0.2) is 18.3 Å². The van der Waals surface area contributed by atoms with Gasteiger partial charge in [-0.15, -0.1) is 0 Å². The molecule has 2 aromatic rings. The Morgan fingerprint density at radius 2 is 1.97 bits per heavy atom. The van der Waals surface area contributed by atoms with Gasteiger partial charge in [0.2, 0.25) is 0 Å². The zero-order chi connectivity index (χ0) is 22.6. The summed E-state index contributed by atoms with van der Waals surface area (Å²) in [6.07, 6.45) is 4.00. The van der Waals surface area contributed by atoms with Crippen LogP contribution in [0, 0.1) is 11.8 Å². The van der Waals surface area contributed by atoms with Crippen LogP contribution in [0.3, 0.4) is 0 Å². The largest absolute Gasteiger partial charge is 0.431 e. The molecule has 0 bridgehead atoms. The van der Waals surface area contributed by atoms with Gasteiger partial charge in [0.1, 0.15) is 0 Å². The Balaban J connectivity index is 1.36. The maximum Gasteiger partial charge on any atom is 0.387 e. The summed E-state index contributed by atoms with van der Waals surface area (Å²) >= 11 is 0. The number of nitrogens with zero attached hydrogens (tertiary/aromatic N) is 4. The molecule has 5 rings (SSSR count). The average molecular weight is 448 g/mol. The normalized spacial score (nSPS) is 30.2. The number of fused-ring (bicyclic) bond motifs is 1. The first-order valence-electron chi connectivity index (χ1n) is 11.5. The average Bonchev–Trinajstić information content (AvgIpc) is 3.09. The third-order valence-corrected chi connectivity index (χ3v) is 7.30. The molecule has 2 N–H and O–H groups in total. The third-order valence-electron chi connectivity index (χ3n) is 7.30. The van der Waals surface area contributed by atoms with Crippen LogP contribution < -0.4 is 10.5 Å². The maximum absolute atomic E-state index is 12.7. The van der Waals surface area contributed by atoms with Crippen molar-refractivity contribution in [1.29, 1.82) is 0 Å². The lowest BCUT2D eigenvalue weighted by molar-refractivity contribution is -0.0494. The lowest BCUT2D eigenvalue weighted by Gasteiger charge is -2.38. The van der Waals surface area contributed by atoms with Crippen LogP contribution in [0.5, 0.6) is 5.75 Å². The highest BCUT2D eigenvalue weighted by Gasteiger charge is 2.59. The van der Waals surface area contributed by atoms with Crippen LogP contribution in [0.1, 0.15) is 51.3 Å². The molecule has 3 aliphatic rings. The first-order valence-corrected chi connectivity index (χ1v) is 11.5. The molecule has 32 heavy (non-hydrogen) atoms. The Morgan fingerprint density at radius 1 is 1.22 bits per heavy atom. The predicted molar refractivity (Wildman–Crippen MR) is 117 cm³/mol. The van der Waals surface area contributed by atoms with E-state index in [1.165, 1.54) is 24.6 Å². The molecule has 2 aromatic heterocycles. The van der Waals surface area contributed by atoms with Gasteiger partial charge in [0.05, 0.1) is 18.9 Å². The number of halogens is 2. The fraction of sp³-hybridized carbons (Fsp3) is 0.652. The molecule has 0 aromatic carbocycles. The molecule has 2 aliphatic carbocycles. The van der Waals surface area contributed by atoms with Gasteiger partial charge in [-0.1, -0.05) is 0 Å². The van der Waals surface area contributed by atoms with E-state index in [1.807, 2.05) is 0 Å². The van der Waals surface area contributed by atoms with Crippen LogP contribution in [0.2, 0.25) is 0 Å². The van der Waals surface area contributed by atoms with E-state index < -0.39 is 6.61 Å². The van der Waals surface area contributed by atoms with E-state index in [0.717, 1.165) is 19.8 Å². The van der Waals surface area contributed by atoms with Crippen molar-refractivity contribution >= 4 is 5.82 Å². The van der Waals surface area contributed by atoms with Crippen molar-refractivity contribution in [3.63, 3.8) is 0 Å². The molecule has 5 atom stereocenters. The molecule has 0 unspecified atom stereocenters. The summed E-state index contributed by atoms with van der Waals surface area (Å²) < 4.78 is 37.6. The predicted octanol–water partition coefficient (Wildman–Crippen LogP) is 3.92. The minimum atomic E-state index is -2.95. The molecule has 0 radical (unpaired) electrons.